The van der Waals surface area contributed by atoms with Gasteiger partial charge in [-0.2, -0.15) is 0 Å². The van der Waals surface area contributed by atoms with Crippen molar-refractivity contribution >= 4 is 29.0 Å². The van der Waals surface area contributed by atoms with Crippen molar-refractivity contribution in [1.29, 1.82) is 0 Å². The largest absolute Gasteiger partial charge is 0.339 e. The first kappa shape index (κ1) is 15.8. The summed E-state index contributed by atoms with van der Waals surface area (Å²) in [5.74, 6) is 0.149. The van der Waals surface area contributed by atoms with E-state index in [9.17, 15) is 9.59 Å². The monoisotopic (exact) mass is 309 g/mol. The molecule has 116 valence electrons. The van der Waals surface area contributed by atoms with Crippen LogP contribution in [0.2, 0.25) is 0 Å². The van der Waals surface area contributed by atoms with Gasteiger partial charge in [0.25, 0.3) is 0 Å². The highest BCUT2D eigenvalue weighted by Crippen LogP contribution is 2.21. The summed E-state index contributed by atoms with van der Waals surface area (Å²) in [5.41, 5.74) is 1.59. The van der Waals surface area contributed by atoms with E-state index in [2.05, 4.69) is 5.32 Å². The molecule has 0 radical (unpaired) electrons. The molecule has 0 saturated carbocycles. The molecule has 1 aromatic rings. The van der Waals surface area contributed by atoms with Crippen LogP contribution in [0.3, 0.4) is 0 Å². The molecule has 1 fully saturated rings. The fourth-order valence-corrected chi connectivity index (χ4v) is 3.05. The number of anilines is 1. The van der Waals surface area contributed by atoms with E-state index in [0.717, 1.165) is 11.3 Å². The molecule has 21 heavy (non-hydrogen) atoms. The van der Waals surface area contributed by atoms with E-state index in [4.69, 9.17) is 0 Å². The van der Waals surface area contributed by atoms with Gasteiger partial charge in [-0.1, -0.05) is 20.8 Å². The maximum absolute atomic E-state index is 12.2. The van der Waals surface area contributed by atoms with Crippen LogP contribution in [0.5, 0.6) is 0 Å². The number of hydrogen-bond acceptors (Lipinski definition) is 3. The Morgan fingerprint density at radius 1 is 1.10 bits per heavy atom. The van der Waals surface area contributed by atoms with Gasteiger partial charge in [0.2, 0.25) is 5.91 Å². The molecule has 0 atom stereocenters. The van der Waals surface area contributed by atoms with Gasteiger partial charge >= 0.3 is 6.03 Å². The van der Waals surface area contributed by atoms with Gasteiger partial charge < -0.3 is 15.1 Å². The summed E-state index contributed by atoms with van der Waals surface area (Å²) in [7, 11) is 0. The number of carbonyl (C=O) groups is 2. The standard InChI is InChI=1S/C15H23N3O2S/c1-11-9-21-10-12(11)16-14(20)18-7-5-17(6-8-18)13(19)15(2,3)4/h9-10H,5-8H2,1-4H3,(H,16,20). The molecule has 0 spiro atoms. The lowest BCUT2D eigenvalue weighted by molar-refractivity contribution is -0.140. The number of nitrogens with zero attached hydrogens (tertiary/aromatic N) is 2. The quantitative estimate of drug-likeness (QED) is 0.867. The minimum Gasteiger partial charge on any atom is -0.339 e. The second-order valence-corrected chi connectivity index (χ2v) is 7.17. The van der Waals surface area contributed by atoms with Gasteiger partial charge in [0.15, 0.2) is 0 Å². The van der Waals surface area contributed by atoms with Gasteiger partial charge in [0.1, 0.15) is 0 Å². The fraction of sp³-hybridized carbons (Fsp3) is 0.600. The van der Waals surface area contributed by atoms with E-state index in [1.54, 1.807) is 16.2 Å². The smallest absolute Gasteiger partial charge is 0.321 e. The molecule has 0 unspecified atom stereocenters. The van der Waals surface area contributed by atoms with Crippen LogP contribution >= 0.6 is 11.3 Å². The van der Waals surface area contributed by atoms with Crippen molar-refractivity contribution < 1.29 is 9.59 Å². The summed E-state index contributed by atoms with van der Waals surface area (Å²) in [5, 5.41) is 6.87. The first-order chi connectivity index (χ1) is 9.79. The summed E-state index contributed by atoms with van der Waals surface area (Å²) in [6, 6.07) is -0.0839. The Kier molecular flexibility index (Phi) is 4.56. The van der Waals surface area contributed by atoms with Crippen molar-refractivity contribution in [1.82, 2.24) is 9.80 Å². The summed E-state index contributed by atoms with van der Waals surface area (Å²) < 4.78 is 0. The predicted molar refractivity (Wildman–Crippen MR) is 85.7 cm³/mol. The van der Waals surface area contributed by atoms with Crippen LogP contribution in [0.25, 0.3) is 0 Å². The molecule has 5 nitrogen and oxygen atoms in total. The van der Waals surface area contributed by atoms with Gasteiger partial charge in [-0.15, -0.1) is 11.3 Å². The lowest BCUT2D eigenvalue weighted by Gasteiger charge is -2.37. The number of thiophene rings is 1. The number of amides is 3. The zero-order valence-corrected chi connectivity index (χ0v) is 13.9. The molecule has 3 amide bonds. The zero-order chi connectivity index (χ0) is 15.6. The number of carbonyl (C=O) groups excluding carboxylic acids is 2. The third-order valence-electron chi connectivity index (χ3n) is 3.59. The van der Waals surface area contributed by atoms with E-state index >= 15 is 0 Å². The Morgan fingerprint density at radius 2 is 1.67 bits per heavy atom. The van der Waals surface area contributed by atoms with Gasteiger partial charge in [0, 0.05) is 37.0 Å². The minimum atomic E-state index is -0.363. The van der Waals surface area contributed by atoms with Crippen molar-refractivity contribution in [3.05, 3.63) is 16.3 Å². The van der Waals surface area contributed by atoms with Crippen LogP contribution in [0.15, 0.2) is 10.8 Å². The van der Waals surface area contributed by atoms with Crippen molar-refractivity contribution in [3.8, 4) is 0 Å². The van der Waals surface area contributed by atoms with Crippen LogP contribution in [0.4, 0.5) is 10.5 Å². The van der Waals surface area contributed by atoms with Crippen LogP contribution in [-0.4, -0.2) is 47.9 Å². The fourth-order valence-electron chi connectivity index (χ4n) is 2.27. The molecule has 1 saturated heterocycles. The number of urea groups is 1. The van der Waals surface area contributed by atoms with Gasteiger partial charge in [-0.05, 0) is 17.9 Å². The average molecular weight is 309 g/mol. The normalized spacial score (nSPS) is 16.0. The minimum absolute atomic E-state index is 0.0839. The Labute approximate surface area is 129 Å². The highest BCUT2D eigenvalue weighted by atomic mass is 32.1. The number of nitrogens with one attached hydrogen (secondary N) is 1. The van der Waals surface area contributed by atoms with Crippen LogP contribution in [0, 0.1) is 12.3 Å². The Hall–Kier alpha value is -1.56. The maximum atomic E-state index is 12.2. The Bertz CT molecular complexity index is 525. The predicted octanol–water partition coefficient (Wildman–Crippen LogP) is 2.78. The first-order valence-corrected chi connectivity index (χ1v) is 8.11. The van der Waals surface area contributed by atoms with Crippen molar-refractivity contribution in [2.75, 3.05) is 31.5 Å². The van der Waals surface area contributed by atoms with Gasteiger partial charge in [0.05, 0.1) is 5.69 Å². The topological polar surface area (TPSA) is 52.7 Å². The molecule has 2 rings (SSSR count). The first-order valence-electron chi connectivity index (χ1n) is 7.17. The second kappa shape index (κ2) is 6.05. The van der Waals surface area contributed by atoms with Crippen molar-refractivity contribution in [3.63, 3.8) is 0 Å². The number of aryl methyl sites for hydroxylation is 1. The van der Waals surface area contributed by atoms with Gasteiger partial charge in [-0.3, -0.25) is 4.79 Å². The van der Waals surface area contributed by atoms with Crippen LogP contribution in [-0.2, 0) is 4.79 Å². The molecule has 1 aliphatic heterocycles. The molecular weight excluding hydrogens is 286 g/mol. The third-order valence-corrected chi connectivity index (χ3v) is 4.45. The Morgan fingerprint density at radius 3 is 2.14 bits per heavy atom. The Balaban J connectivity index is 1.88. The van der Waals surface area contributed by atoms with Crippen molar-refractivity contribution in [2.24, 2.45) is 5.41 Å². The summed E-state index contributed by atoms with van der Waals surface area (Å²) in [6.07, 6.45) is 0. The van der Waals surface area contributed by atoms with E-state index in [0.29, 0.717) is 26.2 Å². The number of hydrogen-bond donors (Lipinski definition) is 1. The number of piperazine rings is 1. The zero-order valence-electron chi connectivity index (χ0n) is 13.1. The lowest BCUT2D eigenvalue weighted by Crippen LogP contribution is -2.53. The van der Waals surface area contributed by atoms with E-state index in [1.165, 1.54) is 0 Å². The summed E-state index contributed by atoms with van der Waals surface area (Å²) in [4.78, 5) is 28.0. The molecule has 2 heterocycles. The molecule has 0 aliphatic carbocycles. The highest BCUT2D eigenvalue weighted by Gasteiger charge is 2.30. The molecule has 1 aliphatic rings. The summed E-state index contributed by atoms with van der Waals surface area (Å²) >= 11 is 1.58. The van der Waals surface area contributed by atoms with Crippen LogP contribution in [0.1, 0.15) is 26.3 Å². The highest BCUT2D eigenvalue weighted by molar-refractivity contribution is 7.08. The maximum Gasteiger partial charge on any atom is 0.321 e. The number of rotatable bonds is 1. The second-order valence-electron chi connectivity index (χ2n) is 6.43. The van der Waals surface area contributed by atoms with E-state index in [1.807, 2.05) is 43.4 Å². The van der Waals surface area contributed by atoms with Crippen LogP contribution < -0.4 is 5.32 Å². The summed E-state index contributed by atoms with van der Waals surface area (Å²) in [6.45, 7) is 10.1. The van der Waals surface area contributed by atoms with E-state index in [-0.39, 0.29) is 17.4 Å². The van der Waals surface area contributed by atoms with E-state index < -0.39 is 0 Å². The SMILES string of the molecule is Cc1cscc1NC(=O)N1CCN(C(=O)C(C)(C)C)CC1. The molecule has 1 N–H and O–H groups in total. The van der Waals surface area contributed by atoms with Gasteiger partial charge in [-0.25, -0.2) is 4.79 Å². The molecule has 0 aromatic carbocycles. The van der Waals surface area contributed by atoms with Crippen molar-refractivity contribution in [2.45, 2.75) is 27.7 Å². The molecular formula is C15H23N3O2S. The molecule has 6 heteroatoms. The molecule has 1 aromatic heterocycles. The molecule has 0 bridgehead atoms. The average Bonchev–Trinajstić information content (AvgIpc) is 2.82. The third kappa shape index (κ3) is 3.75. The lowest BCUT2D eigenvalue weighted by atomic mass is 9.94.